The minimum absolute atomic E-state index is 0.136. The van der Waals surface area contributed by atoms with E-state index in [-0.39, 0.29) is 5.56 Å². The molecule has 0 atom stereocenters. The number of aldehydes is 1. The van der Waals surface area contributed by atoms with E-state index < -0.39 is 0 Å². The predicted molar refractivity (Wildman–Crippen MR) is 58.8 cm³/mol. The molecule has 0 aliphatic rings. The van der Waals surface area contributed by atoms with Crippen LogP contribution in [0.3, 0.4) is 0 Å². The summed E-state index contributed by atoms with van der Waals surface area (Å²) >= 11 is 1.36. The molecule has 0 amide bonds. The van der Waals surface area contributed by atoms with Gasteiger partial charge in [0.25, 0.3) is 5.56 Å². The third-order valence-corrected chi connectivity index (χ3v) is 3.36. The van der Waals surface area contributed by atoms with E-state index in [0.717, 1.165) is 11.1 Å². The smallest absolute Gasteiger partial charge is 0.272 e. The van der Waals surface area contributed by atoms with Crippen LogP contribution in [0.1, 0.15) is 9.67 Å². The Balaban J connectivity index is 2.63. The molecule has 0 bridgehead atoms. The summed E-state index contributed by atoms with van der Waals surface area (Å²) in [5.74, 6) is 0. The lowest BCUT2D eigenvalue weighted by molar-refractivity contribution is 0.112. The van der Waals surface area contributed by atoms with Crippen LogP contribution in [0.25, 0.3) is 15.9 Å². The van der Waals surface area contributed by atoms with E-state index in [4.69, 9.17) is 0 Å². The maximum Gasteiger partial charge on any atom is 0.272 e. The van der Waals surface area contributed by atoms with Gasteiger partial charge in [0.15, 0.2) is 6.29 Å². The van der Waals surface area contributed by atoms with Crippen molar-refractivity contribution in [3.05, 3.63) is 39.6 Å². The van der Waals surface area contributed by atoms with Gasteiger partial charge in [-0.3, -0.25) is 9.59 Å². The van der Waals surface area contributed by atoms with Crippen LogP contribution < -0.4 is 5.56 Å². The fraction of sp³-hybridized carbons (Fsp3) is 0. The van der Waals surface area contributed by atoms with Crippen molar-refractivity contribution in [2.45, 2.75) is 0 Å². The van der Waals surface area contributed by atoms with Gasteiger partial charge in [-0.05, 0) is 18.2 Å². The quantitative estimate of drug-likeness (QED) is 0.631. The van der Waals surface area contributed by atoms with Gasteiger partial charge in [-0.25, -0.2) is 0 Å². The molecule has 0 aromatic carbocycles. The first-order valence-corrected chi connectivity index (χ1v) is 5.19. The summed E-state index contributed by atoms with van der Waals surface area (Å²) in [4.78, 5) is 26.5. The fourth-order valence-corrected chi connectivity index (χ4v) is 2.58. The fourth-order valence-electron chi connectivity index (χ4n) is 1.66. The normalized spacial score (nSPS) is 11.2. The van der Waals surface area contributed by atoms with E-state index in [2.05, 4.69) is 4.98 Å². The maximum atomic E-state index is 11.6. The average Bonchev–Trinajstić information content (AvgIpc) is 2.80. The molecule has 0 unspecified atom stereocenters. The first-order chi connectivity index (χ1) is 7.29. The lowest BCUT2D eigenvalue weighted by Gasteiger charge is -1.95. The van der Waals surface area contributed by atoms with Gasteiger partial charge in [0.05, 0.1) is 10.4 Å². The summed E-state index contributed by atoms with van der Waals surface area (Å²) in [5, 5.41) is 0. The molecule has 3 aromatic rings. The highest BCUT2D eigenvalue weighted by Gasteiger charge is 2.07. The first kappa shape index (κ1) is 8.43. The number of nitrogens with one attached hydrogen (secondary N) is 1. The van der Waals surface area contributed by atoms with Crippen LogP contribution in [0.5, 0.6) is 0 Å². The molecule has 3 heterocycles. The molecule has 0 aliphatic heterocycles. The second-order valence-electron chi connectivity index (χ2n) is 3.20. The molecule has 4 nitrogen and oxygen atoms in total. The third kappa shape index (κ3) is 1.07. The van der Waals surface area contributed by atoms with Crippen LogP contribution in [0.2, 0.25) is 0 Å². The van der Waals surface area contributed by atoms with Crippen LogP contribution in [0.15, 0.2) is 29.2 Å². The maximum absolute atomic E-state index is 11.6. The Morgan fingerprint density at radius 2 is 2.33 bits per heavy atom. The number of nitrogens with zero attached hydrogens (tertiary/aromatic N) is 1. The molecule has 0 spiro atoms. The third-order valence-electron chi connectivity index (χ3n) is 2.30. The van der Waals surface area contributed by atoms with Crippen molar-refractivity contribution in [1.82, 2.24) is 9.38 Å². The highest BCUT2D eigenvalue weighted by atomic mass is 32.1. The summed E-state index contributed by atoms with van der Waals surface area (Å²) in [7, 11) is 0. The van der Waals surface area contributed by atoms with Gasteiger partial charge in [0.2, 0.25) is 0 Å². The van der Waals surface area contributed by atoms with Crippen LogP contribution in [0.4, 0.5) is 0 Å². The van der Waals surface area contributed by atoms with Crippen molar-refractivity contribution in [2.75, 3.05) is 0 Å². The average molecular weight is 218 g/mol. The summed E-state index contributed by atoms with van der Waals surface area (Å²) in [5.41, 5.74) is 1.17. The molecule has 5 heteroatoms. The van der Waals surface area contributed by atoms with Crippen molar-refractivity contribution in [2.24, 2.45) is 0 Å². The Morgan fingerprint density at radius 1 is 1.47 bits per heavy atom. The molecule has 0 saturated heterocycles. The molecule has 74 valence electrons. The van der Waals surface area contributed by atoms with Crippen LogP contribution in [0, 0.1) is 0 Å². The number of carbonyl (C=O) groups is 1. The molecule has 1 N–H and O–H groups in total. The standard InChI is InChI=1S/C10H6N2O2S/c13-5-6-4-7-10(15-6)12-3-1-2-8(12)9(14)11-7/h1-5H,(H,11,14). The highest BCUT2D eigenvalue weighted by Crippen LogP contribution is 2.22. The Morgan fingerprint density at radius 3 is 3.13 bits per heavy atom. The summed E-state index contributed by atoms with van der Waals surface area (Å²) in [6.45, 7) is 0. The van der Waals surface area contributed by atoms with Crippen molar-refractivity contribution < 1.29 is 4.79 Å². The molecule has 0 saturated carbocycles. The summed E-state index contributed by atoms with van der Waals surface area (Å²) in [6, 6.07) is 5.25. The van der Waals surface area contributed by atoms with E-state index in [0.29, 0.717) is 15.9 Å². The zero-order valence-corrected chi connectivity index (χ0v) is 8.38. The number of thiophene rings is 1. The van der Waals surface area contributed by atoms with Crippen molar-refractivity contribution >= 4 is 33.5 Å². The van der Waals surface area contributed by atoms with Crippen molar-refractivity contribution in [3.63, 3.8) is 0 Å². The number of fused-ring (bicyclic) bond motifs is 3. The summed E-state index contributed by atoms with van der Waals surface area (Å²) < 4.78 is 1.80. The van der Waals surface area contributed by atoms with E-state index in [1.165, 1.54) is 11.3 Å². The topological polar surface area (TPSA) is 54.3 Å². The van der Waals surface area contributed by atoms with Gasteiger partial charge in [-0.15, -0.1) is 11.3 Å². The number of rotatable bonds is 1. The minimum Gasteiger partial charge on any atom is -0.318 e. The molecule has 0 aliphatic carbocycles. The highest BCUT2D eigenvalue weighted by molar-refractivity contribution is 7.20. The van der Waals surface area contributed by atoms with E-state index >= 15 is 0 Å². The van der Waals surface area contributed by atoms with Crippen LogP contribution in [-0.2, 0) is 0 Å². The van der Waals surface area contributed by atoms with Crippen molar-refractivity contribution in [1.29, 1.82) is 0 Å². The van der Waals surface area contributed by atoms with E-state index in [9.17, 15) is 9.59 Å². The van der Waals surface area contributed by atoms with Gasteiger partial charge >= 0.3 is 0 Å². The second-order valence-corrected chi connectivity index (χ2v) is 4.27. The monoisotopic (exact) mass is 218 g/mol. The molecule has 3 rings (SSSR count). The van der Waals surface area contributed by atoms with Gasteiger partial charge in [0, 0.05) is 6.20 Å². The lowest BCUT2D eigenvalue weighted by atomic mass is 10.4. The molecule has 3 aromatic heterocycles. The zero-order valence-electron chi connectivity index (χ0n) is 7.56. The Labute approximate surface area is 87.8 Å². The SMILES string of the molecule is O=Cc1cc2[nH]c(=O)c3cccn3c2s1. The van der Waals surface area contributed by atoms with Gasteiger partial charge in [0.1, 0.15) is 10.3 Å². The van der Waals surface area contributed by atoms with Crippen LogP contribution in [-0.4, -0.2) is 15.7 Å². The predicted octanol–water partition coefficient (Wildman–Crippen LogP) is 1.65. The molecular formula is C10H6N2O2S. The Hall–Kier alpha value is -1.88. The second kappa shape index (κ2) is 2.80. The largest absolute Gasteiger partial charge is 0.318 e. The Kier molecular flexibility index (Phi) is 1.58. The summed E-state index contributed by atoms with van der Waals surface area (Å²) in [6.07, 6.45) is 2.61. The molecule has 0 fully saturated rings. The van der Waals surface area contributed by atoms with Gasteiger partial charge < -0.3 is 9.38 Å². The van der Waals surface area contributed by atoms with Crippen molar-refractivity contribution in [3.8, 4) is 0 Å². The number of H-pyrrole nitrogens is 1. The van der Waals surface area contributed by atoms with Gasteiger partial charge in [-0.1, -0.05) is 0 Å². The van der Waals surface area contributed by atoms with Gasteiger partial charge in [-0.2, -0.15) is 0 Å². The number of aromatic nitrogens is 2. The lowest BCUT2D eigenvalue weighted by Crippen LogP contribution is -2.07. The minimum atomic E-state index is -0.136. The zero-order chi connectivity index (χ0) is 10.4. The number of hydrogen-bond acceptors (Lipinski definition) is 3. The molecule has 15 heavy (non-hydrogen) atoms. The van der Waals surface area contributed by atoms with Crippen LogP contribution >= 0.6 is 11.3 Å². The van der Waals surface area contributed by atoms with E-state index in [1.54, 1.807) is 16.5 Å². The van der Waals surface area contributed by atoms with E-state index in [1.807, 2.05) is 12.3 Å². The first-order valence-electron chi connectivity index (χ1n) is 4.37. The Bertz CT molecular complexity index is 720. The molecule has 0 radical (unpaired) electrons. The number of carbonyl (C=O) groups excluding carboxylic acids is 1. The molecular weight excluding hydrogens is 212 g/mol. The number of aromatic amines is 1. The number of hydrogen-bond donors (Lipinski definition) is 1.